The molecule has 0 spiro atoms. The molecule has 1 aliphatic heterocycles. The second-order valence-electron chi connectivity index (χ2n) is 7.73. The Balaban J connectivity index is 2.06. The SMILES string of the molecule is COC(=O)[C@H]1CSC(=O)c2cc(cc([N+](=O)[O-])c2)C(=O)SC[C@H](C(=O)OC)NC(=O)c2cccc(n2)C(=O)N1. The minimum absolute atomic E-state index is 0.207. The Morgan fingerprint density at radius 3 is 1.69 bits per heavy atom. The molecule has 14 nitrogen and oxygen atoms in total. The number of thioether (sulfide) groups is 2. The first kappa shape index (κ1) is 29.2. The number of methoxy groups -OCH3 is 2. The van der Waals surface area contributed by atoms with E-state index >= 15 is 0 Å². The molecule has 2 amide bonds. The molecule has 2 aromatic rings. The van der Waals surface area contributed by atoms with E-state index in [1.54, 1.807) is 0 Å². The molecule has 16 heteroatoms. The van der Waals surface area contributed by atoms with Crippen molar-refractivity contribution in [1.82, 2.24) is 15.6 Å². The number of esters is 2. The van der Waals surface area contributed by atoms with Crippen LogP contribution in [0, 0.1) is 10.1 Å². The molecule has 1 aliphatic rings. The van der Waals surface area contributed by atoms with Crippen molar-refractivity contribution in [3.63, 3.8) is 0 Å². The summed E-state index contributed by atoms with van der Waals surface area (Å²) in [7, 11) is 2.15. The van der Waals surface area contributed by atoms with E-state index in [4.69, 9.17) is 9.47 Å². The maximum absolute atomic E-state index is 12.9. The molecule has 2 heterocycles. The van der Waals surface area contributed by atoms with Gasteiger partial charge in [-0.05, 0) is 18.2 Å². The van der Waals surface area contributed by atoms with Crippen LogP contribution in [-0.2, 0) is 19.1 Å². The fraction of sp³-hybridized carbons (Fsp3) is 0.261. The Morgan fingerprint density at radius 1 is 0.872 bits per heavy atom. The minimum atomic E-state index is -1.34. The second-order valence-corrected chi connectivity index (χ2v) is 9.71. The van der Waals surface area contributed by atoms with E-state index < -0.39 is 56.7 Å². The van der Waals surface area contributed by atoms with Crippen LogP contribution >= 0.6 is 23.5 Å². The number of nitrogens with zero attached hydrogens (tertiary/aromatic N) is 2. The van der Waals surface area contributed by atoms with Crippen molar-refractivity contribution >= 4 is 63.2 Å². The predicted molar refractivity (Wildman–Crippen MR) is 137 cm³/mol. The van der Waals surface area contributed by atoms with Crippen molar-refractivity contribution < 1.29 is 43.2 Å². The smallest absolute Gasteiger partial charge is 0.329 e. The average Bonchev–Trinajstić information content (AvgIpc) is 2.95. The van der Waals surface area contributed by atoms with Crippen LogP contribution in [0.5, 0.6) is 0 Å². The summed E-state index contributed by atoms with van der Waals surface area (Å²) >= 11 is 1.12. The normalized spacial score (nSPS) is 18.6. The summed E-state index contributed by atoms with van der Waals surface area (Å²) in [5.41, 5.74) is -1.46. The molecule has 3 rings (SSSR count). The zero-order chi connectivity index (χ0) is 28.7. The number of nitrogens with one attached hydrogen (secondary N) is 2. The van der Waals surface area contributed by atoms with E-state index in [1.807, 2.05) is 0 Å². The maximum Gasteiger partial charge on any atom is 0.329 e. The van der Waals surface area contributed by atoms with Gasteiger partial charge in [0.25, 0.3) is 17.5 Å². The van der Waals surface area contributed by atoms with E-state index in [2.05, 4.69) is 15.6 Å². The highest BCUT2D eigenvalue weighted by Crippen LogP contribution is 2.25. The Hall–Kier alpha value is -4.31. The lowest BCUT2D eigenvalue weighted by atomic mass is 10.1. The number of nitro benzene ring substituents is 1. The number of amides is 2. The molecule has 0 fully saturated rings. The lowest BCUT2D eigenvalue weighted by molar-refractivity contribution is -0.384. The molecule has 39 heavy (non-hydrogen) atoms. The fourth-order valence-electron chi connectivity index (χ4n) is 3.21. The van der Waals surface area contributed by atoms with Gasteiger partial charge in [0.05, 0.1) is 19.1 Å². The molecule has 0 saturated carbocycles. The molecule has 2 atom stereocenters. The molecule has 2 N–H and O–H groups in total. The monoisotopic (exact) mass is 576 g/mol. The Kier molecular flexibility index (Phi) is 9.73. The molecular formula is C23H20N4O10S2. The molecule has 204 valence electrons. The topological polar surface area (TPSA) is 201 Å². The molecule has 1 aromatic carbocycles. The predicted octanol–water partition coefficient (Wildman–Crippen LogP) is 0.993. The molecule has 0 aliphatic carbocycles. The van der Waals surface area contributed by atoms with Crippen molar-refractivity contribution in [3.8, 4) is 0 Å². The highest BCUT2D eigenvalue weighted by molar-refractivity contribution is 8.14. The first-order chi connectivity index (χ1) is 18.5. The van der Waals surface area contributed by atoms with Gasteiger partial charge in [-0.3, -0.25) is 29.3 Å². The molecule has 0 radical (unpaired) electrons. The van der Waals surface area contributed by atoms with Crippen LogP contribution in [0.3, 0.4) is 0 Å². The number of carbonyl (C=O) groups is 6. The number of hydrogen-bond acceptors (Lipinski definition) is 13. The van der Waals surface area contributed by atoms with Crippen molar-refractivity contribution in [3.05, 3.63) is 69.0 Å². The number of fused-ring (bicyclic) bond motifs is 4. The first-order valence-electron chi connectivity index (χ1n) is 10.9. The third-order valence-corrected chi connectivity index (χ3v) is 7.15. The fourth-order valence-corrected chi connectivity index (χ4v) is 4.85. The number of pyridine rings is 1. The van der Waals surface area contributed by atoms with Crippen molar-refractivity contribution in [1.29, 1.82) is 0 Å². The highest BCUT2D eigenvalue weighted by atomic mass is 32.2. The Bertz CT molecular complexity index is 1280. The van der Waals surface area contributed by atoms with Crippen LogP contribution in [-0.4, -0.2) is 81.7 Å². The van der Waals surface area contributed by atoms with Crippen LogP contribution in [0.4, 0.5) is 5.69 Å². The van der Waals surface area contributed by atoms with E-state index in [9.17, 15) is 38.9 Å². The van der Waals surface area contributed by atoms with Crippen LogP contribution in [0.25, 0.3) is 0 Å². The van der Waals surface area contributed by atoms with Crippen molar-refractivity contribution in [2.45, 2.75) is 12.1 Å². The van der Waals surface area contributed by atoms with Crippen LogP contribution in [0.2, 0.25) is 0 Å². The largest absolute Gasteiger partial charge is 0.467 e. The van der Waals surface area contributed by atoms with E-state index in [1.165, 1.54) is 18.2 Å². The third kappa shape index (κ3) is 7.38. The lowest BCUT2D eigenvalue weighted by Crippen LogP contribution is -2.45. The van der Waals surface area contributed by atoms with Gasteiger partial charge in [-0.25, -0.2) is 14.6 Å². The van der Waals surface area contributed by atoms with Crippen LogP contribution in [0.15, 0.2) is 36.4 Å². The van der Waals surface area contributed by atoms with Gasteiger partial charge < -0.3 is 20.1 Å². The number of nitro groups is 1. The lowest BCUT2D eigenvalue weighted by Gasteiger charge is -2.17. The standard InChI is InChI=1S/C23H20N4O10S2/c1-36-20(30)16-9-38-22(32)11-6-12(8-13(7-11)27(34)35)23(33)39-10-17(21(31)37-2)26-19(29)15-5-3-4-14(24-15)18(28)25-16/h3-8,16-17H,9-10H2,1-2H3,(H,25,28)(H,26,29)/t16-,17-/m1/s1. The zero-order valence-corrected chi connectivity index (χ0v) is 22.0. The van der Waals surface area contributed by atoms with Gasteiger partial charge in [0.1, 0.15) is 23.5 Å². The van der Waals surface area contributed by atoms with Crippen LogP contribution in [0.1, 0.15) is 41.7 Å². The average molecular weight is 577 g/mol. The van der Waals surface area contributed by atoms with E-state index in [0.29, 0.717) is 23.5 Å². The van der Waals surface area contributed by atoms with Crippen molar-refractivity contribution in [2.24, 2.45) is 0 Å². The van der Waals surface area contributed by atoms with Gasteiger partial charge in [-0.1, -0.05) is 29.6 Å². The van der Waals surface area contributed by atoms with Gasteiger partial charge in [0.2, 0.25) is 10.2 Å². The molecule has 4 bridgehead atoms. The summed E-state index contributed by atoms with van der Waals surface area (Å²) < 4.78 is 9.38. The van der Waals surface area contributed by atoms with Gasteiger partial charge in [-0.15, -0.1) is 0 Å². The summed E-state index contributed by atoms with van der Waals surface area (Å²) in [4.78, 5) is 90.6. The molecular weight excluding hydrogens is 556 g/mol. The maximum atomic E-state index is 12.9. The minimum Gasteiger partial charge on any atom is -0.467 e. The van der Waals surface area contributed by atoms with Crippen molar-refractivity contribution in [2.75, 3.05) is 25.7 Å². The number of benzene rings is 1. The third-order valence-electron chi connectivity index (χ3n) is 5.16. The molecule has 0 saturated heterocycles. The van der Waals surface area contributed by atoms with Gasteiger partial charge in [-0.2, -0.15) is 0 Å². The number of non-ortho nitro benzene ring substituents is 1. The number of carbonyl (C=O) groups excluding carboxylic acids is 6. The summed E-state index contributed by atoms with van der Waals surface area (Å²) in [5, 5.41) is 14.8. The first-order valence-corrected chi connectivity index (χ1v) is 12.9. The molecule has 0 unspecified atom stereocenters. The van der Waals surface area contributed by atoms with E-state index in [-0.39, 0.29) is 34.0 Å². The van der Waals surface area contributed by atoms with Gasteiger partial charge in [0, 0.05) is 34.8 Å². The number of aromatic nitrogens is 1. The molecule has 1 aromatic heterocycles. The Labute approximate surface area is 228 Å². The summed E-state index contributed by atoms with van der Waals surface area (Å²) in [6, 6.07) is 4.28. The Morgan fingerprint density at radius 2 is 1.31 bits per heavy atom. The van der Waals surface area contributed by atoms with E-state index in [0.717, 1.165) is 32.4 Å². The zero-order valence-electron chi connectivity index (χ0n) is 20.3. The second kappa shape index (κ2) is 13.0. The van der Waals surface area contributed by atoms with Gasteiger partial charge >= 0.3 is 11.9 Å². The summed E-state index contributed by atoms with van der Waals surface area (Å²) in [6.07, 6.45) is 0. The van der Waals surface area contributed by atoms with Crippen LogP contribution < -0.4 is 10.6 Å². The summed E-state index contributed by atoms with van der Waals surface area (Å²) in [6.45, 7) is 0. The van der Waals surface area contributed by atoms with Gasteiger partial charge in [0.15, 0.2) is 0 Å². The number of hydrogen-bond donors (Lipinski definition) is 2. The quantitative estimate of drug-likeness (QED) is 0.298. The summed E-state index contributed by atoms with van der Waals surface area (Å²) in [5.74, 6) is -4.15. The number of ether oxygens (including phenoxy) is 2. The highest BCUT2D eigenvalue weighted by Gasteiger charge is 2.28. The number of rotatable bonds is 3.